The van der Waals surface area contributed by atoms with Gasteiger partial charge in [-0.25, -0.2) is 0 Å². The van der Waals surface area contributed by atoms with Crippen molar-refractivity contribution in [3.8, 4) is 0 Å². The minimum absolute atomic E-state index is 0.115. The smallest absolute Gasteiger partial charge is 0.306 e. The van der Waals surface area contributed by atoms with Crippen molar-refractivity contribution in [3.63, 3.8) is 0 Å². The quantitative estimate of drug-likeness (QED) is 0.0262. The number of carbonyl (C=O) groups excluding carboxylic acids is 3. The largest absolute Gasteiger partial charge is 0.462 e. The summed E-state index contributed by atoms with van der Waals surface area (Å²) in [5.74, 6) is -1.03. The molecule has 65 heavy (non-hydrogen) atoms. The number of unbranched alkanes of at least 4 members (excludes halogenated alkanes) is 20. The number of rotatable bonds is 47. The fourth-order valence-corrected chi connectivity index (χ4v) is 7.01. The summed E-state index contributed by atoms with van der Waals surface area (Å²) in [4.78, 5) is 38.0. The van der Waals surface area contributed by atoms with Crippen LogP contribution in [0.1, 0.15) is 239 Å². The van der Waals surface area contributed by atoms with E-state index >= 15 is 0 Å². The van der Waals surface area contributed by atoms with Crippen molar-refractivity contribution in [1.82, 2.24) is 0 Å². The second-order valence-corrected chi connectivity index (χ2v) is 17.4. The molecule has 0 fully saturated rings. The van der Waals surface area contributed by atoms with E-state index in [0.29, 0.717) is 19.3 Å². The molecule has 0 amide bonds. The Morgan fingerprint density at radius 2 is 0.569 bits per heavy atom. The highest BCUT2D eigenvalue weighted by Crippen LogP contribution is 2.14. The first-order valence-corrected chi connectivity index (χ1v) is 26.7. The highest BCUT2D eigenvalue weighted by molar-refractivity contribution is 5.71. The predicted octanol–water partition coefficient (Wildman–Crippen LogP) is 17.8. The summed E-state index contributed by atoms with van der Waals surface area (Å²) in [7, 11) is 0. The summed E-state index contributed by atoms with van der Waals surface area (Å²) in [6.07, 6.45) is 69.7. The van der Waals surface area contributed by atoms with Gasteiger partial charge in [-0.15, -0.1) is 0 Å². The molecule has 0 N–H and O–H groups in total. The third-order valence-corrected chi connectivity index (χ3v) is 11.1. The van der Waals surface area contributed by atoms with Crippen LogP contribution in [0.4, 0.5) is 0 Å². The zero-order valence-corrected chi connectivity index (χ0v) is 42.2. The monoisotopic (exact) mass is 903 g/mol. The van der Waals surface area contributed by atoms with Gasteiger partial charge in [0.25, 0.3) is 0 Å². The van der Waals surface area contributed by atoms with Crippen LogP contribution in [-0.4, -0.2) is 37.2 Å². The zero-order chi connectivity index (χ0) is 47.2. The minimum Gasteiger partial charge on any atom is -0.462 e. The van der Waals surface area contributed by atoms with Crippen molar-refractivity contribution >= 4 is 17.9 Å². The van der Waals surface area contributed by atoms with Crippen LogP contribution < -0.4 is 0 Å². The number of hydrogen-bond donors (Lipinski definition) is 0. The van der Waals surface area contributed by atoms with Gasteiger partial charge in [0, 0.05) is 19.3 Å². The molecule has 0 unspecified atom stereocenters. The molecular formula is C59H98O6. The summed E-state index contributed by atoms with van der Waals surface area (Å²) in [5.41, 5.74) is 0. The van der Waals surface area contributed by atoms with Crippen LogP contribution in [0, 0.1) is 0 Å². The Morgan fingerprint density at radius 1 is 0.308 bits per heavy atom. The van der Waals surface area contributed by atoms with Crippen molar-refractivity contribution < 1.29 is 28.6 Å². The van der Waals surface area contributed by atoms with E-state index in [0.717, 1.165) is 70.6 Å². The van der Waals surface area contributed by atoms with Crippen molar-refractivity contribution in [1.29, 1.82) is 0 Å². The van der Waals surface area contributed by atoms with Gasteiger partial charge in [0.2, 0.25) is 0 Å². The SMILES string of the molecule is CCCCC/C=C\C/C=C\C/C=C\C/C=C\CCCC(=O)OC[C@@H](COC(=O)CCCCCCCCCCCCCCC)OC(=O)CCC/C=C\C/C=C\C/C=C\C/C=C\CCCCC. The van der Waals surface area contributed by atoms with E-state index in [1.165, 1.54) is 116 Å². The molecule has 0 rings (SSSR count). The van der Waals surface area contributed by atoms with Gasteiger partial charge in [-0.2, -0.15) is 0 Å². The molecule has 0 bridgehead atoms. The molecule has 0 aromatic rings. The number of allylic oxidation sites excluding steroid dienone is 16. The molecule has 0 saturated heterocycles. The lowest BCUT2D eigenvalue weighted by atomic mass is 10.0. The summed E-state index contributed by atoms with van der Waals surface area (Å²) in [5, 5.41) is 0. The highest BCUT2D eigenvalue weighted by atomic mass is 16.6. The molecule has 0 aromatic carbocycles. The molecule has 0 aliphatic heterocycles. The highest BCUT2D eigenvalue weighted by Gasteiger charge is 2.19. The zero-order valence-electron chi connectivity index (χ0n) is 42.2. The minimum atomic E-state index is -0.827. The lowest BCUT2D eigenvalue weighted by molar-refractivity contribution is -0.167. The van der Waals surface area contributed by atoms with Gasteiger partial charge < -0.3 is 14.2 Å². The van der Waals surface area contributed by atoms with Crippen molar-refractivity contribution in [3.05, 3.63) is 97.2 Å². The first-order valence-electron chi connectivity index (χ1n) is 26.7. The third-order valence-electron chi connectivity index (χ3n) is 11.1. The maximum absolute atomic E-state index is 12.8. The maximum atomic E-state index is 12.8. The van der Waals surface area contributed by atoms with Crippen LogP contribution in [0.3, 0.4) is 0 Å². The number of ether oxygens (including phenoxy) is 3. The average Bonchev–Trinajstić information content (AvgIpc) is 3.30. The van der Waals surface area contributed by atoms with Gasteiger partial charge >= 0.3 is 17.9 Å². The molecule has 0 saturated carbocycles. The predicted molar refractivity (Wildman–Crippen MR) is 279 cm³/mol. The van der Waals surface area contributed by atoms with Gasteiger partial charge in [0.15, 0.2) is 6.10 Å². The fraction of sp³-hybridized carbons (Fsp3) is 0.678. The normalized spacial score (nSPS) is 12.8. The van der Waals surface area contributed by atoms with E-state index in [9.17, 15) is 14.4 Å². The summed E-state index contributed by atoms with van der Waals surface area (Å²) in [6.45, 7) is 6.48. The van der Waals surface area contributed by atoms with Gasteiger partial charge in [0.05, 0.1) is 0 Å². The van der Waals surface area contributed by atoms with Crippen molar-refractivity contribution in [2.24, 2.45) is 0 Å². The molecule has 370 valence electrons. The van der Waals surface area contributed by atoms with E-state index in [1.54, 1.807) is 0 Å². The van der Waals surface area contributed by atoms with Crippen LogP contribution >= 0.6 is 0 Å². The van der Waals surface area contributed by atoms with Gasteiger partial charge in [-0.05, 0) is 96.3 Å². The molecule has 6 heteroatoms. The van der Waals surface area contributed by atoms with Gasteiger partial charge in [-0.1, -0.05) is 221 Å². The number of esters is 3. The molecule has 0 aromatic heterocycles. The van der Waals surface area contributed by atoms with E-state index in [1.807, 2.05) is 0 Å². The second kappa shape index (κ2) is 52.9. The Kier molecular flexibility index (Phi) is 50.0. The van der Waals surface area contributed by atoms with E-state index in [4.69, 9.17) is 14.2 Å². The van der Waals surface area contributed by atoms with E-state index in [-0.39, 0.29) is 44.0 Å². The van der Waals surface area contributed by atoms with Crippen LogP contribution in [0.2, 0.25) is 0 Å². The Labute approximate surface area is 400 Å². The van der Waals surface area contributed by atoms with Crippen molar-refractivity contribution in [2.45, 2.75) is 245 Å². The third kappa shape index (κ3) is 51.2. The molecule has 1 atom stereocenters. The van der Waals surface area contributed by atoms with Gasteiger partial charge in [-0.3, -0.25) is 14.4 Å². The molecule has 6 nitrogen and oxygen atoms in total. The topological polar surface area (TPSA) is 78.9 Å². The Balaban J connectivity index is 4.57. The van der Waals surface area contributed by atoms with Crippen LogP contribution in [0.5, 0.6) is 0 Å². The molecule has 0 aliphatic rings. The first-order chi connectivity index (χ1) is 32.0. The molecule has 0 aliphatic carbocycles. The first kappa shape index (κ1) is 61.3. The average molecular weight is 903 g/mol. The number of carbonyl (C=O) groups is 3. The fourth-order valence-electron chi connectivity index (χ4n) is 7.01. The lowest BCUT2D eigenvalue weighted by Crippen LogP contribution is -2.30. The number of hydrogen-bond acceptors (Lipinski definition) is 6. The molecule has 0 spiro atoms. The molecule has 0 heterocycles. The van der Waals surface area contributed by atoms with Crippen LogP contribution in [0.25, 0.3) is 0 Å². The van der Waals surface area contributed by atoms with E-state index < -0.39 is 6.10 Å². The van der Waals surface area contributed by atoms with Crippen LogP contribution in [0.15, 0.2) is 97.2 Å². The van der Waals surface area contributed by atoms with E-state index in [2.05, 4.69) is 118 Å². The molecule has 0 radical (unpaired) electrons. The van der Waals surface area contributed by atoms with Gasteiger partial charge in [0.1, 0.15) is 13.2 Å². The molecular weight excluding hydrogens is 805 g/mol. The second-order valence-electron chi connectivity index (χ2n) is 17.4. The maximum Gasteiger partial charge on any atom is 0.306 e. The van der Waals surface area contributed by atoms with Crippen LogP contribution in [-0.2, 0) is 28.6 Å². The summed E-state index contributed by atoms with van der Waals surface area (Å²) in [6, 6.07) is 0. The standard InChI is InChI=1S/C59H98O6/c1-4-7-10-13-16-19-22-25-27-29-31-34-37-40-43-46-49-52-58(61)64-55-56(54-63-57(60)51-48-45-42-39-36-33-24-21-18-15-12-9-6-3)65-59(62)53-50-47-44-41-38-35-32-30-28-26-23-20-17-14-11-8-5-2/h16-17,19-20,25-28,31-32,34-35,40-41,43-44,56H,4-15,18,21-24,29-30,33,36-39,42,45-55H2,1-3H3/b19-16-,20-17-,27-25-,28-26-,34-31-,35-32-,43-40-,44-41-/t56-/m1/s1. The Bertz CT molecular complexity index is 1310. The lowest BCUT2D eigenvalue weighted by Gasteiger charge is -2.18. The summed E-state index contributed by atoms with van der Waals surface area (Å²) >= 11 is 0. The summed E-state index contributed by atoms with van der Waals surface area (Å²) < 4.78 is 16.7. The Morgan fingerprint density at radius 3 is 0.923 bits per heavy atom. The Hall–Kier alpha value is -3.67. The van der Waals surface area contributed by atoms with Crippen molar-refractivity contribution in [2.75, 3.05) is 13.2 Å².